The lowest BCUT2D eigenvalue weighted by Gasteiger charge is -2.08. The third-order valence-corrected chi connectivity index (χ3v) is 3.21. The van der Waals surface area contributed by atoms with Gasteiger partial charge in [-0.25, -0.2) is 4.39 Å². The fraction of sp³-hybridized carbons (Fsp3) is 0.0714. The summed E-state index contributed by atoms with van der Waals surface area (Å²) in [6.45, 7) is 0. The molecule has 2 nitrogen and oxygen atoms in total. The first-order valence-corrected chi connectivity index (χ1v) is 6.12. The fourth-order valence-corrected chi connectivity index (χ4v) is 2.13. The summed E-state index contributed by atoms with van der Waals surface area (Å²) in [7, 11) is 1.44. The Hall–Kier alpha value is -1.58. The summed E-state index contributed by atoms with van der Waals surface area (Å²) in [4.78, 5) is 12.2. The number of methoxy groups -OCH3 is 1. The van der Waals surface area contributed by atoms with Crippen LogP contribution in [0.4, 0.5) is 4.39 Å². The molecule has 0 fully saturated rings. The molecule has 2 aromatic carbocycles. The maximum atomic E-state index is 13.6. The van der Waals surface area contributed by atoms with Crippen molar-refractivity contribution in [3.8, 4) is 5.75 Å². The Labute approximate surface area is 119 Å². The van der Waals surface area contributed by atoms with Crippen LogP contribution in [-0.2, 0) is 0 Å². The Morgan fingerprint density at radius 3 is 2.42 bits per heavy atom. The van der Waals surface area contributed by atoms with Crippen LogP contribution in [0.1, 0.15) is 15.9 Å². The van der Waals surface area contributed by atoms with Crippen LogP contribution in [0.25, 0.3) is 0 Å². The van der Waals surface area contributed by atoms with Crippen molar-refractivity contribution >= 4 is 29.0 Å². The summed E-state index contributed by atoms with van der Waals surface area (Å²) >= 11 is 11.9. The predicted molar refractivity (Wildman–Crippen MR) is 72.8 cm³/mol. The van der Waals surface area contributed by atoms with Crippen molar-refractivity contribution < 1.29 is 13.9 Å². The lowest BCUT2D eigenvalue weighted by molar-refractivity contribution is 0.103. The number of hydrogen-bond acceptors (Lipinski definition) is 2. The summed E-state index contributed by atoms with van der Waals surface area (Å²) in [6, 6.07) is 8.50. The Balaban J connectivity index is 2.51. The zero-order chi connectivity index (χ0) is 14.0. The van der Waals surface area contributed by atoms with Crippen molar-refractivity contribution in [2.75, 3.05) is 7.11 Å². The molecule has 2 rings (SSSR count). The van der Waals surface area contributed by atoms with E-state index in [2.05, 4.69) is 0 Å². The zero-order valence-corrected chi connectivity index (χ0v) is 11.4. The number of carbonyl (C=O) groups is 1. The van der Waals surface area contributed by atoms with E-state index in [4.69, 9.17) is 27.9 Å². The second-order valence-electron chi connectivity index (χ2n) is 3.78. The molecular formula is C14H9Cl2FO2. The quantitative estimate of drug-likeness (QED) is 0.787. The zero-order valence-electron chi connectivity index (χ0n) is 9.91. The molecule has 0 saturated carbocycles. The summed E-state index contributed by atoms with van der Waals surface area (Å²) in [5, 5.41) is 0.404. The van der Waals surface area contributed by atoms with Crippen LogP contribution >= 0.6 is 23.2 Å². The Morgan fingerprint density at radius 2 is 1.79 bits per heavy atom. The van der Waals surface area contributed by atoms with E-state index < -0.39 is 11.6 Å². The number of benzene rings is 2. The normalized spacial score (nSPS) is 10.3. The molecular weight excluding hydrogens is 290 g/mol. The number of ether oxygens (including phenoxy) is 1. The van der Waals surface area contributed by atoms with E-state index in [1.54, 1.807) is 6.07 Å². The van der Waals surface area contributed by atoms with Gasteiger partial charge in [0.15, 0.2) is 5.78 Å². The molecule has 0 radical (unpaired) electrons. The molecule has 5 heteroatoms. The predicted octanol–water partition coefficient (Wildman–Crippen LogP) is 4.37. The minimum absolute atomic E-state index is 0.0503. The molecule has 0 saturated heterocycles. The van der Waals surface area contributed by atoms with Gasteiger partial charge in [-0.2, -0.15) is 0 Å². The van der Waals surface area contributed by atoms with E-state index in [1.165, 1.54) is 37.4 Å². The second-order valence-corrected chi connectivity index (χ2v) is 4.59. The summed E-state index contributed by atoms with van der Waals surface area (Å²) < 4.78 is 18.6. The number of rotatable bonds is 3. The molecule has 98 valence electrons. The van der Waals surface area contributed by atoms with Crippen LogP contribution in [0.3, 0.4) is 0 Å². The number of hydrogen-bond donors (Lipinski definition) is 0. The van der Waals surface area contributed by atoms with Crippen LogP contribution in [-0.4, -0.2) is 12.9 Å². The topological polar surface area (TPSA) is 26.3 Å². The van der Waals surface area contributed by atoms with Crippen molar-refractivity contribution in [2.45, 2.75) is 0 Å². The van der Waals surface area contributed by atoms with Crippen molar-refractivity contribution in [3.63, 3.8) is 0 Å². The van der Waals surface area contributed by atoms with E-state index >= 15 is 0 Å². The largest absolute Gasteiger partial charge is 0.495 e. The van der Waals surface area contributed by atoms with Crippen LogP contribution in [0.2, 0.25) is 10.0 Å². The van der Waals surface area contributed by atoms with Gasteiger partial charge in [0.2, 0.25) is 0 Å². The summed E-state index contributed by atoms with van der Waals surface area (Å²) in [5.74, 6) is -0.764. The number of halogens is 3. The molecule has 2 aromatic rings. The Bertz CT molecular complexity index is 641. The van der Waals surface area contributed by atoms with E-state index in [0.29, 0.717) is 5.75 Å². The third kappa shape index (κ3) is 2.72. The Kier molecular flexibility index (Phi) is 4.08. The average molecular weight is 299 g/mol. The summed E-state index contributed by atoms with van der Waals surface area (Å²) in [5.41, 5.74) is 0.0863. The Morgan fingerprint density at radius 1 is 1.11 bits per heavy atom. The van der Waals surface area contributed by atoms with Crippen molar-refractivity contribution in [1.29, 1.82) is 0 Å². The monoisotopic (exact) mass is 298 g/mol. The van der Waals surface area contributed by atoms with E-state index in [1.807, 2.05) is 0 Å². The first-order chi connectivity index (χ1) is 9.04. The minimum atomic E-state index is -0.601. The highest BCUT2D eigenvalue weighted by Gasteiger charge is 2.18. The molecule has 0 heterocycles. The molecule has 19 heavy (non-hydrogen) atoms. The van der Waals surface area contributed by atoms with Gasteiger partial charge in [-0.3, -0.25) is 4.79 Å². The van der Waals surface area contributed by atoms with Crippen LogP contribution < -0.4 is 4.74 Å². The van der Waals surface area contributed by atoms with Crippen molar-refractivity contribution in [1.82, 2.24) is 0 Å². The SMILES string of the molecule is COc1cc(Cl)c(C(=O)c2ccccc2F)cc1Cl. The second kappa shape index (κ2) is 5.59. The molecule has 0 bridgehead atoms. The van der Waals surface area contributed by atoms with E-state index in [9.17, 15) is 9.18 Å². The van der Waals surface area contributed by atoms with Gasteiger partial charge in [-0.15, -0.1) is 0 Å². The number of carbonyl (C=O) groups excluding carboxylic acids is 1. The smallest absolute Gasteiger partial charge is 0.197 e. The lowest BCUT2D eigenvalue weighted by Crippen LogP contribution is -2.05. The van der Waals surface area contributed by atoms with Gasteiger partial charge in [0.1, 0.15) is 11.6 Å². The molecule has 0 aliphatic heterocycles. The van der Waals surface area contributed by atoms with Gasteiger partial charge in [0, 0.05) is 11.6 Å². The first-order valence-electron chi connectivity index (χ1n) is 5.37. The van der Waals surface area contributed by atoms with Gasteiger partial charge >= 0.3 is 0 Å². The van der Waals surface area contributed by atoms with Crippen molar-refractivity contribution in [2.24, 2.45) is 0 Å². The third-order valence-electron chi connectivity index (χ3n) is 2.60. The highest BCUT2D eigenvalue weighted by atomic mass is 35.5. The van der Waals surface area contributed by atoms with Crippen LogP contribution in [0, 0.1) is 5.82 Å². The standard InChI is InChI=1S/C14H9Cl2FO2/c1-19-13-7-10(15)9(6-11(13)16)14(18)8-4-2-3-5-12(8)17/h2-7H,1H3. The van der Waals surface area contributed by atoms with E-state index in [0.717, 1.165) is 0 Å². The van der Waals surface area contributed by atoms with E-state index in [-0.39, 0.29) is 21.2 Å². The molecule has 0 spiro atoms. The molecule has 0 aliphatic carbocycles. The van der Waals surface area contributed by atoms with Gasteiger partial charge in [0.05, 0.1) is 22.7 Å². The minimum Gasteiger partial charge on any atom is -0.495 e. The molecule has 0 aliphatic rings. The molecule has 0 amide bonds. The van der Waals surface area contributed by atoms with Crippen LogP contribution in [0.5, 0.6) is 5.75 Å². The fourth-order valence-electron chi connectivity index (χ4n) is 1.65. The average Bonchev–Trinajstić information content (AvgIpc) is 2.40. The molecule has 0 unspecified atom stereocenters. The van der Waals surface area contributed by atoms with Gasteiger partial charge in [-0.05, 0) is 18.2 Å². The lowest BCUT2D eigenvalue weighted by atomic mass is 10.0. The van der Waals surface area contributed by atoms with Gasteiger partial charge in [0.25, 0.3) is 0 Å². The number of ketones is 1. The van der Waals surface area contributed by atoms with Crippen LogP contribution in [0.15, 0.2) is 36.4 Å². The molecule has 0 N–H and O–H groups in total. The maximum Gasteiger partial charge on any atom is 0.197 e. The molecule has 0 aromatic heterocycles. The van der Waals surface area contributed by atoms with Gasteiger partial charge in [-0.1, -0.05) is 35.3 Å². The maximum absolute atomic E-state index is 13.6. The highest BCUT2D eigenvalue weighted by Crippen LogP contribution is 2.32. The molecule has 0 atom stereocenters. The first kappa shape index (κ1) is 13.8. The van der Waals surface area contributed by atoms with Gasteiger partial charge < -0.3 is 4.74 Å². The highest BCUT2D eigenvalue weighted by molar-refractivity contribution is 6.37. The van der Waals surface area contributed by atoms with Crippen molar-refractivity contribution in [3.05, 3.63) is 63.4 Å². The summed E-state index contributed by atoms with van der Waals surface area (Å²) in [6.07, 6.45) is 0.